The topological polar surface area (TPSA) is 76.1 Å². The number of anilines is 2. The molecule has 1 aliphatic rings. The van der Waals surface area contributed by atoms with E-state index in [0.29, 0.717) is 39.4 Å². The lowest BCUT2D eigenvalue weighted by molar-refractivity contribution is -0.0948. The highest BCUT2D eigenvalue weighted by atomic mass is 35.5. The first-order chi connectivity index (χ1) is 15.0. The number of hydrogen-bond donors (Lipinski definition) is 2. The molecule has 7 nitrogen and oxygen atoms in total. The van der Waals surface area contributed by atoms with Crippen molar-refractivity contribution in [3.05, 3.63) is 56.5 Å². The quantitative estimate of drug-likeness (QED) is 0.330. The number of hydrogen-bond acceptors (Lipinski definition) is 3. The number of rotatable bonds is 5. The van der Waals surface area contributed by atoms with Gasteiger partial charge < -0.3 is 10.2 Å². The third-order valence-electron chi connectivity index (χ3n) is 5.25. The summed E-state index contributed by atoms with van der Waals surface area (Å²) in [6, 6.07) is 7.98. The van der Waals surface area contributed by atoms with Crippen LogP contribution in [0.15, 0.2) is 36.4 Å². The Balaban J connectivity index is 1.99. The molecule has 2 N–H and O–H groups in total. The van der Waals surface area contributed by atoms with E-state index in [1.54, 1.807) is 36.9 Å². The van der Waals surface area contributed by atoms with E-state index in [1.165, 1.54) is 23.1 Å². The molecule has 0 spiro atoms. The van der Waals surface area contributed by atoms with Gasteiger partial charge in [0.15, 0.2) is 6.17 Å². The maximum atomic E-state index is 13.4. The van der Waals surface area contributed by atoms with Gasteiger partial charge in [0, 0.05) is 17.9 Å². The van der Waals surface area contributed by atoms with E-state index in [1.807, 2.05) is 6.92 Å². The molecule has 1 saturated heterocycles. The van der Waals surface area contributed by atoms with Crippen molar-refractivity contribution in [1.29, 1.82) is 0 Å². The summed E-state index contributed by atoms with van der Waals surface area (Å²) in [5.41, 5.74) is -0.220. The fourth-order valence-electron chi connectivity index (χ4n) is 3.70. The number of nitrogens with zero attached hydrogens (tertiary/aromatic N) is 3. The maximum absolute atomic E-state index is 13.4. The molecule has 4 amide bonds. The van der Waals surface area contributed by atoms with Gasteiger partial charge in [0.1, 0.15) is 0 Å². The first-order valence-electron chi connectivity index (χ1n) is 9.79. The molecule has 0 aliphatic carbocycles. The molecule has 0 radical (unpaired) electrons. The second-order valence-corrected chi connectivity index (χ2v) is 9.46. The summed E-state index contributed by atoms with van der Waals surface area (Å²) in [6.07, 6.45) is -0.376. The zero-order chi connectivity index (χ0) is 23.8. The minimum atomic E-state index is -1.07. The number of carbonyl (C=O) groups excluding carboxylic acids is 2. The number of amides is 4. The van der Waals surface area contributed by atoms with Crippen molar-refractivity contribution in [3.63, 3.8) is 0 Å². The molecule has 172 valence electrons. The summed E-state index contributed by atoms with van der Waals surface area (Å²) in [5, 5.41) is 15.2. The van der Waals surface area contributed by atoms with Crippen LogP contribution in [0.5, 0.6) is 0 Å². The second-order valence-electron chi connectivity index (χ2n) is 7.83. The third-order valence-corrected chi connectivity index (χ3v) is 6.73. The van der Waals surface area contributed by atoms with Crippen molar-refractivity contribution in [2.45, 2.75) is 38.9 Å². The molecule has 32 heavy (non-hydrogen) atoms. The van der Waals surface area contributed by atoms with E-state index < -0.39 is 17.7 Å². The van der Waals surface area contributed by atoms with Crippen LogP contribution in [-0.4, -0.2) is 45.5 Å². The van der Waals surface area contributed by atoms with Crippen LogP contribution < -0.4 is 10.2 Å². The summed E-state index contributed by atoms with van der Waals surface area (Å²) in [7, 11) is 0. The fourth-order valence-corrected chi connectivity index (χ4v) is 4.30. The number of halogens is 4. The van der Waals surface area contributed by atoms with E-state index in [2.05, 4.69) is 5.32 Å². The summed E-state index contributed by atoms with van der Waals surface area (Å²) in [5.74, 6) is 0. The van der Waals surface area contributed by atoms with Gasteiger partial charge in [-0.05, 0) is 56.7 Å². The lowest BCUT2D eigenvalue weighted by Gasteiger charge is -2.38. The van der Waals surface area contributed by atoms with Crippen molar-refractivity contribution in [3.8, 4) is 0 Å². The van der Waals surface area contributed by atoms with Crippen LogP contribution >= 0.6 is 46.4 Å². The van der Waals surface area contributed by atoms with Gasteiger partial charge in [0.25, 0.3) is 0 Å². The average molecular weight is 520 g/mol. The van der Waals surface area contributed by atoms with Crippen LogP contribution in [0.1, 0.15) is 27.2 Å². The molecule has 3 rings (SSSR count). The number of carbonyl (C=O) groups is 2. The van der Waals surface area contributed by atoms with E-state index in [4.69, 9.17) is 46.4 Å². The number of nitrogens with one attached hydrogen (secondary N) is 1. The van der Waals surface area contributed by atoms with Crippen molar-refractivity contribution in [1.82, 2.24) is 9.96 Å². The van der Waals surface area contributed by atoms with E-state index in [9.17, 15) is 14.8 Å². The highest BCUT2D eigenvalue weighted by molar-refractivity contribution is 6.42. The van der Waals surface area contributed by atoms with Crippen LogP contribution in [0.25, 0.3) is 0 Å². The zero-order valence-corrected chi connectivity index (χ0v) is 20.6. The van der Waals surface area contributed by atoms with Gasteiger partial charge in [-0.15, -0.1) is 0 Å². The number of benzene rings is 2. The van der Waals surface area contributed by atoms with Gasteiger partial charge in [-0.3, -0.25) is 10.1 Å². The predicted molar refractivity (Wildman–Crippen MR) is 128 cm³/mol. The van der Waals surface area contributed by atoms with Gasteiger partial charge >= 0.3 is 12.1 Å². The van der Waals surface area contributed by atoms with E-state index >= 15 is 0 Å². The maximum Gasteiger partial charge on any atom is 0.347 e. The normalized spacial score (nSPS) is 17.6. The Bertz CT molecular complexity index is 1050. The lowest BCUT2D eigenvalue weighted by Crippen LogP contribution is -2.58. The SMILES string of the molecule is CCCN1C(=O)N(c2ccc(Cl)c(Cl)c2)[C@@H](N(O)C(=O)Nc2ccc(Cl)c(Cl)c2)C1(C)C. The molecular weight excluding hydrogens is 498 g/mol. The molecular formula is C21H22Cl4N4O3. The Morgan fingerprint density at radius 3 is 2.22 bits per heavy atom. The Hall–Kier alpha value is -1.90. The molecule has 2 aromatic rings. The Morgan fingerprint density at radius 1 is 1.06 bits per heavy atom. The first-order valence-corrected chi connectivity index (χ1v) is 11.3. The molecule has 11 heteroatoms. The van der Waals surface area contributed by atoms with E-state index in [0.717, 1.165) is 0 Å². The second kappa shape index (κ2) is 9.53. The summed E-state index contributed by atoms with van der Waals surface area (Å²) < 4.78 is 0. The Labute approximate surface area is 206 Å². The molecule has 0 unspecified atom stereocenters. The van der Waals surface area contributed by atoms with Gasteiger partial charge in [-0.25, -0.2) is 9.59 Å². The lowest BCUT2D eigenvalue weighted by atomic mass is 9.99. The van der Waals surface area contributed by atoms with Gasteiger partial charge in [-0.2, -0.15) is 5.06 Å². The minimum Gasteiger partial charge on any atom is -0.315 e. The number of hydroxylamine groups is 2. The van der Waals surface area contributed by atoms with Crippen LogP contribution in [0.3, 0.4) is 0 Å². The van der Waals surface area contributed by atoms with E-state index in [-0.39, 0.29) is 16.1 Å². The standard InChI is InChI=1S/C21H22Cl4N4O3/c1-4-9-27-20(31)28(13-6-8-15(23)17(25)11-13)18(21(27,2)3)29(32)19(30)26-12-5-7-14(22)16(24)10-12/h5-8,10-11,18,32H,4,9H2,1-3H3,(H,26,30)/t18-/m0/s1. The summed E-state index contributed by atoms with van der Waals surface area (Å²) in [4.78, 5) is 29.2. The number of urea groups is 2. The minimum absolute atomic E-state index is 0.243. The first kappa shape index (κ1) is 24.7. The predicted octanol–water partition coefficient (Wildman–Crippen LogP) is 6.98. The molecule has 0 saturated carbocycles. The van der Waals surface area contributed by atoms with Gasteiger partial charge in [-0.1, -0.05) is 53.3 Å². The Kier molecular flexibility index (Phi) is 7.37. The largest absolute Gasteiger partial charge is 0.347 e. The van der Waals surface area contributed by atoms with Crippen LogP contribution in [-0.2, 0) is 0 Å². The summed E-state index contributed by atoms with van der Waals surface area (Å²) >= 11 is 24.1. The highest BCUT2D eigenvalue weighted by Crippen LogP contribution is 2.39. The highest BCUT2D eigenvalue weighted by Gasteiger charge is 2.55. The van der Waals surface area contributed by atoms with Gasteiger partial charge in [0.2, 0.25) is 0 Å². The van der Waals surface area contributed by atoms with Crippen molar-refractivity contribution >= 4 is 69.8 Å². The van der Waals surface area contributed by atoms with Crippen molar-refractivity contribution in [2.24, 2.45) is 0 Å². The molecule has 1 aliphatic heterocycles. The molecule has 0 bridgehead atoms. The van der Waals surface area contributed by atoms with Crippen molar-refractivity contribution in [2.75, 3.05) is 16.8 Å². The van der Waals surface area contributed by atoms with Crippen LogP contribution in [0.2, 0.25) is 20.1 Å². The molecule has 1 atom stereocenters. The van der Waals surface area contributed by atoms with Gasteiger partial charge in [0.05, 0.1) is 25.6 Å². The fraction of sp³-hybridized carbons (Fsp3) is 0.333. The molecule has 1 fully saturated rings. The molecule has 0 aromatic heterocycles. The van der Waals surface area contributed by atoms with Crippen molar-refractivity contribution < 1.29 is 14.8 Å². The Morgan fingerprint density at radius 2 is 1.66 bits per heavy atom. The third kappa shape index (κ3) is 4.58. The van der Waals surface area contributed by atoms with Crippen LogP contribution in [0, 0.1) is 0 Å². The molecule has 2 aromatic carbocycles. The average Bonchev–Trinajstić information content (AvgIpc) is 2.92. The zero-order valence-electron chi connectivity index (χ0n) is 17.6. The molecule has 1 heterocycles. The smallest absolute Gasteiger partial charge is 0.315 e. The van der Waals surface area contributed by atoms with Crippen LogP contribution in [0.4, 0.5) is 21.0 Å². The summed E-state index contributed by atoms with van der Waals surface area (Å²) in [6.45, 7) is 5.92. The monoisotopic (exact) mass is 518 g/mol.